The van der Waals surface area contributed by atoms with Gasteiger partial charge in [0.1, 0.15) is 0 Å². The van der Waals surface area contributed by atoms with Crippen molar-refractivity contribution in [2.45, 2.75) is 20.4 Å². The van der Waals surface area contributed by atoms with Crippen molar-refractivity contribution in [1.82, 2.24) is 14.7 Å². The van der Waals surface area contributed by atoms with E-state index in [1.54, 1.807) is 4.90 Å². The first kappa shape index (κ1) is 18.9. The van der Waals surface area contributed by atoms with E-state index >= 15 is 0 Å². The number of aryl methyl sites for hydroxylation is 1. The molecule has 0 aliphatic rings. The number of hydrogen-bond acceptors (Lipinski definition) is 3. The second-order valence-corrected chi connectivity index (χ2v) is 6.86. The highest BCUT2D eigenvalue weighted by Crippen LogP contribution is 2.19. The third-order valence-electron chi connectivity index (χ3n) is 4.79. The predicted molar refractivity (Wildman–Crippen MR) is 109 cm³/mol. The second-order valence-electron chi connectivity index (χ2n) is 6.86. The fourth-order valence-corrected chi connectivity index (χ4v) is 3.18. The number of rotatable bonds is 6. The number of carbonyl (C=O) groups is 1. The zero-order chi connectivity index (χ0) is 19.4. The topological polar surface area (TPSA) is 41.4 Å². The molecule has 0 unspecified atom stereocenters. The van der Waals surface area contributed by atoms with Crippen LogP contribution in [-0.4, -0.2) is 41.2 Å². The lowest BCUT2D eigenvalue weighted by molar-refractivity contribution is -0.119. The summed E-state index contributed by atoms with van der Waals surface area (Å²) in [5.74, 6) is 0.0643. The van der Waals surface area contributed by atoms with Gasteiger partial charge in [-0.3, -0.25) is 9.69 Å². The smallest absolute Gasteiger partial charge is 0.240 e. The molecule has 0 aliphatic carbocycles. The molecule has 3 aromatic rings. The van der Waals surface area contributed by atoms with Crippen molar-refractivity contribution in [3.8, 4) is 5.69 Å². The molecular weight excluding hydrogens is 336 g/mol. The van der Waals surface area contributed by atoms with Crippen molar-refractivity contribution in [3.63, 3.8) is 0 Å². The molecule has 3 rings (SSSR count). The summed E-state index contributed by atoms with van der Waals surface area (Å²) in [6.07, 6.45) is 0. The minimum Gasteiger partial charge on any atom is -0.314 e. The van der Waals surface area contributed by atoms with E-state index < -0.39 is 0 Å². The molecular formula is C22H26N4O. The van der Waals surface area contributed by atoms with Gasteiger partial charge in [-0.15, -0.1) is 0 Å². The first-order valence-corrected chi connectivity index (χ1v) is 9.08. The number of hydrogen-bond donors (Lipinski definition) is 0. The van der Waals surface area contributed by atoms with Crippen LogP contribution in [0.15, 0.2) is 60.7 Å². The molecule has 5 nitrogen and oxygen atoms in total. The molecule has 140 valence electrons. The molecule has 27 heavy (non-hydrogen) atoms. The molecule has 2 aromatic carbocycles. The van der Waals surface area contributed by atoms with Gasteiger partial charge in [0.05, 0.1) is 17.9 Å². The van der Waals surface area contributed by atoms with Gasteiger partial charge in [-0.05, 0) is 45.2 Å². The van der Waals surface area contributed by atoms with Gasteiger partial charge < -0.3 is 4.90 Å². The number of para-hydroxylation sites is 2. The summed E-state index contributed by atoms with van der Waals surface area (Å²) in [6, 6.07) is 19.8. The Labute approximate surface area is 160 Å². The van der Waals surface area contributed by atoms with E-state index in [0.717, 1.165) is 28.3 Å². The van der Waals surface area contributed by atoms with Crippen molar-refractivity contribution in [2.24, 2.45) is 0 Å². The van der Waals surface area contributed by atoms with Crippen LogP contribution in [0.4, 0.5) is 5.69 Å². The SMILES string of the molecule is Cc1nn(-c2ccccc2)c(C)c1CN(C)CC(=O)N(C)c1ccccc1. The number of anilines is 1. The van der Waals surface area contributed by atoms with Gasteiger partial charge in [0.25, 0.3) is 0 Å². The quantitative estimate of drug-likeness (QED) is 0.673. The van der Waals surface area contributed by atoms with Gasteiger partial charge in [-0.1, -0.05) is 36.4 Å². The Balaban J connectivity index is 1.70. The number of benzene rings is 2. The van der Waals surface area contributed by atoms with E-state index in [2.05, 4.69) is 12.0 Å². The number of likely N-dealkylation sites (N-methyl/N-ethyl adjacent to an activating group) is 2. The average Bonchev–Trinajstić information content (AvgIpc) is 2.97. The highest BCUT2D eigenvalue weighted by molar-refractivity contribution is 5.94. The molecule has 1 aromatic heterocycles. The summed E-state index contributed by atoms with van der Waals surface area (Å²) >= 11 is 0. The summed E-state index contributed by atoms with van der Waals surface area (Å²) in [4.78, 5) is 16.3. The summed E-state index contributed by atoms with van der Waals surface area (Å²) in [7, 11) is 3.78. The lowest BCUT2D eigenvalue weighted by Gasteiger charge is -2.22. The third kappa shape index (κ3) is 4.26. The minimum absolute atomic E-state index is 0.0643. The summed E-state index contributed by atoms with van der Waals surface area (Å²) in [5, 5.41) is 4.69. The van der Waals surface area contributed by atoms with Crippen LogP contribution >= 0.6 is 0 Å². The summed E-state index contributed by atoms with van der Waals surface area (Å²) in [5.41, 5.74) is 5.21. The molecule has 0 saturated carbocycles. The molecule has 0 saturated heterocycles. The van der Waals surface area contributed by atoms with Crippen molar-refractivity contribution >= 4 is 11.6 Å². The van der Waals surface area contributed by atoms with Crippen molar-refractivity contribution < 1.29 is 4.79 Å². The number of amides is 1. The van der Waals surface area contributed by atoms with Gasteiger partial charge in [0.2, 0.25) is 5.91 Å². The lowest BCUT2D eigenvalue weighted by atomic mass is 10.2. The normalized spacial score (nSPS) is 11.0. The fourth-order valence-electron chi connectivity index (χ4n) is 3.18. The second kappa shape index (κ2) is 8.18. The Morgan fingerprint density at radius 3 is 2.19 bits per heavy atom. The molecule has 1 amide bonds. The van der Waals surface area contributed by atoms with Crippen LogP contribution in [0.2, 0.25) is 0 Å². The van der Waals surface area contributed by atoms with Crippen molar-refractivity contribution in [3.05, 3.63) is 77.6 Å². The van der Waals surface area contributed by atoms with Crippen LogP contribution in [0, 0.1) is 13.8 Å². The Hall–Kier alpha value is -2.92. The van der Waals surface area contributed by atoms with Crippen molar-refractivity contribution in [1.29, 1.82) is 0 Å². The van der Waals surface area contributed by atoms with E-state index in [1.807, 2.05) is 91.3 Å². The molecule has 0 bridgehead atoms. The first-order valence-electron chi connectivity index (χ1n) is 9.08. The first-order chi connectivity index (χ1) is 13.0. The van der Waals surface area contributed by atoms with Gasteiger partial charge in [-0.2, -0.15) is 5.10 Å². The maximum Gasteiger partial charge on any atom is 0.240 e. The Morgan fingerprint density at radius 2 is 1.56 bits per heavy atom. The maximum absolute atomic E-state index is 12.6. The van der Waals surface area contributed by atoms with Gasteiger partial charge in [-0.25, -0.2) is 4.68 Å². The van der Waals surface area contributed by atoms with Crippen LogP contribution in [0.1, 0.15) is 17.0 Å². The molecule has 5 heteroatoms. The standard InChI is InChI=1S/C22H26N4O/c1-17-21(18(2)26(23-17)20-13-9-6-10-14-20)15-24(3)16-22(27)25(4)19-11-7-5-8-12-19/h5-14H,15-16H2,1-4H3. The maximum atomic E-state index is 12.6. The molecule has 0 aliphatic heterocycles. The summed E-state index contributed by atoms with van der Waals surface area (Å²) < 4.78 is 1.97. The fraction of sp³-hybridized carbons (Fsp3) is 0.273. The van der Waals surface area contributed by atoms with E-state index in [9.17, 15) is 4.79 Å². The van der Waals surface area contributed by atoms with Crippen LogP contribution in [-0.2, 0) is 11.3 Å². The monoisotopic (exact) mass is 362 g/mol. The van der Waals surface area contributed by atoms with Crippen LogP contribution in [0.5, 0.6) is 0 Å². The van der Waals surface area contributed by atoms with Gasteiger partial charge in [0, 0.05) is 30.5 Å². The Kier molecular flexibility index (Phi) is 5.72. The largest absolute Gasteiger partial charge is 0.314 e. The number of aromatic nitrogens is 2. The van der Waals surface area contributed by atoms with Crippen LogP contribution < -0.4 is 4.90 Å². The minimum atomic E-state index is 0.0643. The van der Waals surface area contributed by atoms with E-state index in [-0.39, 0.29) is 5.91 Å². The third-order valence-corrected chi connectivity index (χ3v) is 4.79. The highest BCUT2D eigenvalue weighted by atomic mass is 16.2. The zero-order valence-corrected chi connectivity index (χ0v) is 16.4. The van der Waals surface area contributed by atoms with Crippen LogP contribution in [0.3, 0.4) is 0 Å². The molecule has 0 N–H and O–H groups in total. The van der Waals surface area contributed by atoms with Crippen molar-refractivity contribution in [2.75, 3.05) is 25.5 Å². The number of nitrogens with zero attached hydrogens (tertiary/aromatic N) is 4. The number of carbonyl (C=O) groups excluding carboxylic acids is 1. The summed E-state index contributed by atoms with van der Waals surface area (Å²) in [6.45, 7) is 5.13. The lowest BCUT2D eigenvalue weighted by Crippen LogP contribution is -2.36. The Morgan fingerprint density at radius 1 is 0.963 bits per heavy atom. The molecule has 0 spiro atoms. The highest BCUT2D eigenvalue weighted by Gasteiger charge is 2.17. The molecule has 0 fully saturated rings. The van der Waals surface area contributed by atoms with E-state index in [0.29, 0.717) is 13.1 Å². The van der Waals surface area contributed by atoms with Crippen LogP contribution in [0.25, 0.3) is 5.69 Å². The Bertz CT molecular complexity index is 903. The molecule has 0 atom stereocenters. The molecule has 0 radical (unpaired) electrons. The zero-order valence-electron chi connectivity index (χ0n) is 16.4. The van der Waals surface area contributed by atoms with E-state index in [1.165, 1.54) is 0 Å². The molecule has 1 heterocycles. The van der Waals surface area contributed by atoms with Gasteiger partial charge in [0.15, 0.2) is 0 Å². The van der Waals surface area contributed by atoms with Gasteiger partial charge >= 0.3 is 0 Å². The van der Waals surface area contributed by atoms with E-state index in [4.69, 9.17) is 0 Å². The average molecular weight is 362 g/mol. The predicted octanol–water partition coefficient (Wildman–Crippen LogP) is 3.58.